The molecule has 5 heteroatoms. The van der Waals surface area contributed by atoms with E-state index in [1.54, 1.807) is 11.5 Å². The van der Waals surface area contributed by atoms with Crippen molar-refractivity contribution < 1.29 is 15.0 Å². The van der Waals surface area contributed by atoms with Crippen LogP contribution in [0.15, 0.2) is 4.79 Å². The van der Waals surface area contributed by atoms with Crippen molar-refractivity contribution in [2.45, 2.75) is 52.0 Å². The molecule has 1 aromatic rings. The monoisotopic (exact) mass is 265 g/mol. The van der Waals surface area contributed by atoms with Gasteiger partial charge >= 0.3 is 5.97 Å². The molecule has 0 unspecified atom stereocenters. The van der Waals surface area contributed by atoms with E-state index in [1.807, 2.05) is 0 Å². The molecule has 0 aliphatic heterocycles. The Kier molecular flexibility index (Phi) is 3.64. The van der Waals surface area contributed by atoms with Gasteiger partial charge in [-0.3, -0.25) is 4.79 Å². The average Bonchev–Trinajstić information content (AvgIpc) is 2.37. The van der Waals surface area contributed by atoms with E-state index in [1.165, 1.54) is 6.92 Å². The number of aromatic carboxylic acids is 1. The molecule has 1 heterocycles. The second-order valence-electron chi connectivity index (χ2n) is 5.21. The summed E-state index contributed by atoms with van der Waals surface area (Å²) in [6.45, 7) is 3.07. The predicted octanol–water partition coefficient (Wildman–Crippen LogP) is 2.37. The number of hydrogen-bond acceptors (Lipinski definition) is 3. The highest BCUT2D eigenvalue weighted by atomic mass is 16.4. The van der Waals surface area contributed by atoms with Crippen molar-refractivity contribution in [2.75, 3.05) is 0 Å². The van der Waals surface area contributed by atoms with Crippen LogP contribution in [0.4, 0.5) is 0 Å². The Bertz CT molecular complexity index is 568. The van der Waals surface area contributed by atoms with Crippen LogP contribution in [0.25, 0.3) is 0 Å². The summed E-state index contributed by atoms with van der Waals surface area (Å²) in [7, 11) is 0. The van der Waals surface area contributed by atoms with E-state index in [0.717, 1.165) is 32.1 Å². The molecule has 0 aromatic carbocycles. The van der Waals surface area contributed by atoms with E-state index < -0.39 is 11.7 Å². The fraction of sp³-hybridized carbons (Fsp3) is 0.571. The highest BCUT2D eigenvalue weighted by Gasteiger charge is 2.26. The maximum absolute atomic E-state index is 12.3. The van der Waals surface area contributed by atoms with Crippen LogP contribution < -0.4 is 5.56 Å². The Morgan fingerprint density at radius 1 is 1.21 bits per heavy atom. The van der Waals surface area contributed by atoms with Gasteiger partial charge in [-0.05, 0) is 26.7 Å². The number of aromatic nitrogens is 1. The van der Waals surface area contributed by atoms with Crippen molar-refractivity contribution >= 4 is 5.97 Å². The summed E-state index contributed by atoms with van der Waals surface area (Å²) in [4.78, 5) is 23.6. The van der Waals surface area contributed by atoms with Crippen molar-refractivity contribution in [1.82, 2.24) is 4.57 Å². The summed E-state index contributed by atoms with van der Waals surface area (Å²) in [5.74, 6) is -1.59. The van der Waals surface area contributed by atoms with Gasteiger partial charge in [0.2, 0.25) is 0 Å². The number of carboxylic acid groups (broad SMARTS) is 1. The molecule has 1 saturated carbocycles. The number of hydrogen-bond donors (Lipinski definition) is 2. The maximum Gasteiger partial charge on any atom is 0.341 e. The smallest absolute Gasteiger partial charge is 0.341 e. The lowest BCUT2D eigenvalue weighted by atomic mass is 9.94. The number of nitrogens with zero attached hydrogens (tertiary/aromatic N) is 1. The summed E-state index contributed by atoms with van der Waals surface area (Å²) < 4.78 is 1.57. The van der Waals surface area contributed by atoms with Gasteiger partial charge in [0.05, 0.1) is 5.56 Å². The van der Waals surface area contributed by atoms with E-state index >= 15 is 0 Å². The Morgan fingerprint density at radius 3 is 2.32 bits per heavy atom. The molecule has 0 saturated heterocycles. The third-order valence-corrected chi connectivity index (χ3v) is 4.01. The minimum atomic E-state index is -1.19. The molecule has 0 bridgehead atoms. The van der Waals surface area contributed by atoms with Crippen molar-refractivity contribution in [1.29, 1.82) is 0 Å². The van der Waals surface area contributed by atoms with Crippen molar-refractivity contribution in [3.63, 3.8) is 0 Å². The van der Waals surface area contributed by atoms with E-state index in [2.05, 4.69) is 0 Å². The molecule has 1 aromatic heterocycles. The van der Waals surface area contributed by atoms with Crippen LogP contribution in [0, 0.1) is 13.8 Å². The normalized spacial score (nSPS) is 16.5. The first-order valence-corrected chi connectivity index (χ1v) is 6.63. The van der Waals surface area contributed by atoms with Crippen LogP contribution >= 0.6 is 0 Å². The van der Waals surface area contributed by atoms with Crippen LogP contribution in [0.5, 0.6) is 5.75 Å². The second-order valence-corrected chi connectivity index (χ2v) is 5.21. The number of aromatic hydroxyl groups is 1. The van der Waals surface area contributed by atoms with Crippen LogP contribution in [0.2, 0.25) is 0 Å². The van der Waals surface area contributed by atoms with E-state index in [9.17, 15) is 19.8 Å². The molecule has 1 fully saturated rings. The zero-order valence-electron chi connectivity index (χ0n) is 11.3. The highest BCUT2D eigenvalue weighted by molar-refractivity contribution is 5.92. The molecule has 19 heavy (non-hydrogen) atoms. The summed E-state index contributed by atoms with van der Waals surface area (Å²) in [6, 6.07) is 0.0543. The first kappa shape index (κ1) is 13.6. The first-order chi connectivity index (χ1) is 8.95. The SMILES string of the molecule is Cc1c(O)c(C(=O)O)c(C)n(C2CCCCC2)c1=O. The standard InChI is InChI=1S/C14H19NO4/c1-8-12(16)11(14(18)19)9(2)15(13(8)17)10-6-4-3-5-7-10/h10,16H,3-7H2,1-2H3,(H,18,19). The van der Waals surface area contributed by atoms with Gasteiger partial charge < -0.3 is 14.8 Å². The predicted molar refractivity (Wildman–Crippen MR) is 70.9 cm³/mol. The van der Waals surface area contributed by atoms with Gasteiger partial charge in [-0.2, -0.15) is 0 Å². The van der Waals surface area contributed by atoms with E-state index in [0.29, 0.717) is 5.69 Å². The molecule has 1 aliphatic carbocycles. The molecule has 2 rings (SSSR count). The Balaban J connectivity index is 2.66. The molecule has 5 nitrogen and oxygen atoms in total. The summed E-state index contributed by atoms with van der Waals surface area (Å²) in [5.41, 5.74) is 0.0515. The molecule has 2 N–H and O–H groups in total. The minimum Gasteiger partial charge on any atom is -0.506 e. The molecule has 104 valence electrons. The van der Waals surface area contributed by atoms with Crippen molar-refractivity contribution in [3.8, 4) is 5.75 Å². The summed E-state index contributed by atoms with van der Waals surface area (Å²) >= 11 is 0. The third kappa shape index (κ3) is 2.25. The van der Waals surface area contributed by atoms with Crippen LogP contribution in [0.1, 0.15) is 59.8 Å². The topological polar surface area (TPSA) is 79.5 Å². The number of carbonyl (C=O) groups is 1. The fourth-order valence-corrected chi connectivity index (χ4v) is 2.95. The molecular formula is C14H19NO4. The Morgan fingerprint density at radius 2 is 1.79 bits per heavy atom. The average molecular weight is 265 g/mol. The lowest BCUT2D eigenvalue weighted by Gasteiger charge is -2.27. The van der Waals surface area contributed by atoms with Gasteiger partial charge in [0.25, 0.3) is 5.56 Å². The molecule has 0 amide bonds. The molecular weight excluding hydrogens is 246 g/mol. The van der Waals surface area contributed by atoms with Crippen LogP contribution in [-0.4, -0.2) is 20.7 Å². The molecule has 1 aliphatic rings. The lowest BCUT2D eigenvalue weighted by molar-refractivity contribution is 0.0691. The van der Waals surface area contributed by atoms with Crippen molar-refractivity contribution in [3.05, 3.63) is 27.2 Å². The van der Waals surface area contributed by atoms with E-state index in [-0.39, 0.29) is 22.7 Å². The van der Waals surface area contributed by atoms with Crippen LogP contribution in [0.3, 0.4) is 0 Å². The first-order valence-electron chi connectivity index (χ1n) is 6.63. The minimum absolute atomic E-state index is 0.0543. The van der Waals surface area contributed by atoms with Gasteiger partial charge in [0, 0.05) is 11.7 Å². The summed E-state index contributed by atoms with van der Waals surface area (Å²) in [6.07, 6.45) is 5.05. The number of carboxylic acids is 1. The van der Waals surface area contributed by atoms with Crippen LogP contribution in [-0.2, 0) is 0 Å². The second kappa shape index (κ2) is 5.07. The number of rotatable bonds is 2. The van der Waals surface area contributed by atoms with E-state index in [4.69, 9.17) is 0 Å². The molecule has 0 radical (unpaired) electrons. The quantitative estimate of drug-likeness (QED) is 0.860. The lowest BCUT2D eigenvalue weighted by Crippen LogP contribution is -2.31. The largest absolute Gasteiger partial charge is 0.506 e. The van der Waals surface area contributed by atoms with Gasteiger partial charge in [0.15, 0.2) is 0 Å². The molecule has 0 spiro atoms. The van der Waals surface area contributed by atoms with Gasteiger partial charge in [0.1, 0.15) is 11.3 Å². The highest BCUT2D eigenvalue weighted by Crippen LogP contribution is 2.31. The van der Waals surface area contributed by atoms with Gasteiger partial charge in [-0.15, -0.1) is 0 Å². The van der Waals surface area contributed by atoms with Gasteiger partial charge in [-0.25, -0.2) is 4.79 Å². The zero-order chi connectivity index (χ0) is 14.2. The summed E-state index contributed by atoms with van der Waals surface area (Å²) in [5, 5.41) is 19.1. The maximum atomic E-state index is 12.3. The fourth-order valence-electron chi connectivity index (χ4n) is 2.95. The third-order valence-electron chi connectivity index (χ3n) is 4.01. The van der Waals surface area contributed by atoms with Gasteiger partial charge in [-0.1, -0.05) is 19.3 Å². The van der Waals surface area contributed by atoms with Crippen molar-refractivity contribution in [2.24, 2.45) is 0 Å². The zero-order valence-corrected chi connectivity index (χ0v) is 11.3. The molecule has 0 atom stereocenters. The Labute approximate surface area is 111 Å². The number of pyridine rings is 1. The Hall–Kier alpha value is -1.78.